The van der Waals surface area contributed by atoms with Crippen LogP contribution < -0.4 is 21.9 Å². The summed E-state index contributed by atoms with van der Waals surface area (Å²) in [7, 11) is 0. The van der Waals surface area contributed by atoms with Crippen LogP contribution in [-0.2, 0) is 20.9 Å². The second-order valence-electron chi connectivity index (χ2n) is 4.14. The van der Waals surface area contributed by atoms with E-state index < -0.39 is 41.6 Å². The number of H-pyrrole nitrogens is 1. The molecule has 2 amide bonds. The lowest BCUT2D eigenvalue weighted by Crippen LogP contribution is -2.47. The molecule has 0 aliphatic heterocycles. The molecule has 1 heterocycles. The van der Waals surface area contributed by atoms with Gasteiger partial charge in [-0.2, -0.15) is 0 Å². The molecular weight excluding hydrogens is 284 g/mol. The Labute approximate surface area is 117 Å². The first-order valence-electron chi connectivity index (χ1n) is 5.88. The molecule has 0 fully saturated rings. The van der Waals surface area contributed by atoms with Crippen molar-refractivity contribution in [1.82, 2.24) is 20.2 Å². The Morgan fingerprint density at radius 3 is 2.62 bits per heavy atom. The number of aromatic amines is 1. The van der Waals surface area contributed by atoms with E-state index in [0.29, 0.717) is 0 Å². The number of nitrogens with one attached hydrogen (secondary N) is 3. The third-order valence-corrected chi connectivity index (χ3v) is 2.40. The largest absolute Gasteiger partial charge is 0.480 e. The average molecular weight is 298 g/mol. The predicted molar refractivity (Wildman–Crippen MR) is 69.6 cm³/mol. The third kappa shape index (κ3) is 5.30. The molecule has 0 aromatic carbocycles. The smallest absolute Gasteiger partial charge is 0.328 e. The van der Waals surface area contributed by atoms with Crippen molar-refractivity contribution in [3.8, 4) is 0 Å². The first-order valence-corrected chi connectivity index (χ1v) is 5.88. The number of nitrogens with zero attached hydrogens (tertiary/aromatic N) is 1. The standard InChI is InChI=1S/C11H14N4O6/c1-6(10(20)12-4-9(18)19)13-8(17)5-15-3-2-7(16)14-11(15)21/h2-3,6H,4-5H2,1H3,(H,12,20)(H,13,17)(H,18,19)(H,14,16,21)/t6-/m0/s1. The van der Waals surface area contributed by atoms with Crippen LogP contribution in [0.25, 0.3) is 0 Å². The molecule has 0 spiro atoms. The average Bonchev–Trinajstić information content (AvgIpc) is 2.39. The highest BCUT2D eigenvalue weighted by Gasteiger charge is 2.16. The first-order chi connectivity index (χ1) is 9.79. The normalized spacial score (nSPS) is 11.5. The second kappa shape index (κ2) is 7.03. The molecule has 0 radical (unpaired) electrons. The summed E-state index contributed by atoms with van der Waals surface area (Å²) in [4.78, 5) is 57.6. The molecule has 1 atom stereocenters. The third-order valence-electron chi connectivity index (χ3n) is 2.40. The lowest BCUT2D eigenvalue weighted by molar-refractivity contribution is -0.138. The Hall–Kier alpha value is -2.91. The SMILES string of the molecule is C[C@H](NC(=O)Cn1ccc(=O)[nH]c1=O)C(=O)NCC(=O)O. The van der Waals surface area contributed by atoms with E-state index in [0.717, 1.165) is 16.8 Å². The fourth-order valence-corrected chi connectivity index (χ4v) is 1.39. The number of carboxylic acids is 1. The van der Waals surface area contributed by atoms with Gasteiger partial charge >= 0.3 is 11.7 Å². The number of hydrogen-bond acceptors (Lipinski definition) is 5. The highest BCUT2D eigenvalue weighted by molar-refractivity contribution is 5.88. The van der Waals surface area contributed by atoms with Crippen molar-refractivity contribution in [1.29, 1.82) is 0 Å². The topological polar surface area (TPSA) is 150 Å². The van der Waals surface area contributed by atoms with Gasteiger partial charge in [0.15, 0.2) is 0 Å². The maximum Gasteiger partial charge on any atom is 0.328 e. The number of carbonyl (C=O) groups excluding carboxylic acids is 2. The number of rotatable bonds is 6. The van der Waals surface area contributed by atoms with Gasteiger partial charge in [0.05, 0.1) is 0 Å². The van der Waals surface area contributed by atoms with Gasteiger partial charge in [-0.3, -0.25) is 28.7 Å². The van der Waals surface area contributed by atoms with Gasteiger partial charge in [-0.15, -0.1) is 0 Å². The van der Waals surface area contributed by atoms with Crippen LogP contribution in [0.5, 0.6) is 0 Å². The summed E-state index contributed by atoms with van der Waals surface area (Å²) in [5.74, 6) is -2.51. The molecule has 21 heavy (non-hydrogen) atoms. The van der Waals surface area contributed by atoms with Gasteiger partial charge in [0.1, 0.15) is 19.1 Å². The lowest BCUT2D eigenvalue weighted by Gasteiger charge is -2.13. The maximum atomic E-state index is 11.6. The van der Waals surface area contributed by atoms with Crippen molar-refractivity contribution >= 4 is 17.8 Å². The van der Waals surface area contributed by atoms with Crippen molar-refractivity contribution in [2.45, 2.75) is 19.5 Å². The van der Waals surface area contributed by atoms with E-state index in [1.165, 1.54) is 6.92 Å². The monoisotopic (exact) mass is 298 g/mol. The Morgan fingerprint density at radius 1 is 1.38 bits per heavy atom. The number of hydrogen-bond donors (Lipinski definition) is 4. The first kappa shape index (κ1) is 16.1. The van der Waals surface area contributed by atoms with Crippen molar-refractivity contribution in [3.05, 3.63) is 33.1 Å². The van der Waals surface area contributed by atoms with E-state index in [2.05, 4.69) is 10.6 Å². The minimum absolute atomic E-state index is 0.383. The van der Waals surface area contributed by atoms with Gasteiger partial charge in [0.2, 0.25) is 11.8 Å². The zero-order valence-corrected chi connectivity index (χ0v) is 11.1. The summed E-state index contributed by atoms with van der Waals surface area (Å²) in [6.45, 7) is 0.426. The number of aromatic nitrogens is 2. The Kier molecular flexibility index (Phi) is 5.40. The fraction of sp³-hybridized carbons (Fsp3) is 0.364. The molecule has 0 saturated carbocycles. The number of amides is 2. The highest BCUT2D eigenvalue weighted by Crippen LogP contribution is 1.85. The molecule has 1 rings (SSSR count). The van der Waals surface area contributed by atoms with E-state index in [1.807, 2.05) is 4.98 Å². The van der Waals surface area contributed by atoms with Gasteiger partial charge < -0.3 is 15.7 Å². The summed E-state index contributed by atoms with van der Waals surface area (Å²) >= 11 is 0. The summed E-state index contributed by atoms with van der Waals surface area (Å²) in [6.07, 6.45) is 1.15. The Bertz CT molecular complexity index is 661. The molecule has 0 unspecified atom stereocenters. The molecule has 0 saturated heterocycles. The molecule has 1 aromatic heterocycles. The van der Waals surface area contributed by atoms with Gasteiger partial charge in [-0.25, -0.2) is 4.79 Å². The number of aliphatic carboxylic acids is 1. The van der Waals surface area contributed by atoms with Crippen molar-refractivity contribution in [2.24, 2.45) is 0 Å². The van der Waals surface area contributed by atoms with Crippen LogP contribution >= 0.6 is 0 Å². The van der Waals surface area contributed by atoms with Crippen LogP contribution in [0, 0.1) is 0 Å². The Morgan fingerprint density at radius 2 is 2.05 bits per heavy atom. The quantitative estimate of drug-likeness (QED) is 0.447. The molecule has 4 N–H and O–H groups in total. The number of carbonyl (C=O) groups is 3. The molecule has 0 aliphatic carbocycles. The van der Waals surface area contributed by atoms with Crippen LogP contribution in [0.3, 0.4) is 0 Å². The van der Waals surface area contributed by atoms with E-state index >= 15 is 0 Å². The minimum atomic E-state index is -1.21. The summed E-state index contributed by atoms with van der Waals surface area (Å²) in [5, 5.41) is 12.8. The molecular formula is C11H14N4O6. The van der Waals surface area contributed by atoms with Crippen LogP contribution in [0.2, 0.25) is 0 Å². The van der Waals surface area contributed by atoms with Crippen molar-refractivity contribution in [3.63, 3.8) is 0 Å². The van der Waals surface area contributed by atoms with Gasteiger partial charge in [0, 0.05) is 12.3 Å². The van der Waals surface area contributed by atoms with Crippen molar-refractivity contribution in [2.75, 3.05) is 6.54 Å². The van der Waals surface area contributed by atoms with E-state index in [1.54, 1.807) is 0 Å². The molecule has 1 aromatic rings. The predicted octanol–water partition coefficient (Wildman–Crippen LogP) is -2.76. The lowest BCUT2D eigenvalue weighted by atomic mass is 10.3. The van der Waals surface area contributed by atoms with Crippen LogP contribution in [0.15, 0.2) is 21.9 Å². The zero-order valence-electron chi connectivity index (χ0n) is 11.1. The van der Waals surface area contributed by atoms with Crippen LogP contribution in [-0.4, -0.2) is 45.0 Å². The Balaban J connectivity index is 2.56. The van der Waals surface area contributed by atoms with E-state index in [9.17, 15) is 24.0 Å². The van der Waals surface area contributed by atoms with E-state index in [4.69, 9.17) is 5.11 Å². The molecule has 0 aliphatic rings. The van der Waals surface area contributed by atoms with Crippen LogP contribution in [0.1, 0.15) is 6.92 Å². The zero-order chi connectivity index (χ0) is 16.0. The van der Waals surface area contributed by atoms with Crippen molar-refractivity contribution < 1.29 is 19.5 Å². The molecule has 10 heteroatoms. The summed E-state index contributed by atoms with van der Waals surface area (Å²) in [5.41, 5.74) is -1.33. The van der Waals surface area contributed by atoms with E-state index in [-0.39, 0.29) is 6.54 Å². The molecule has 0 bridgehead atoms. The number of carboxylic acid groups (broad SMARTS) is 1. The van der Waals surface area contributed by atoms with Gasteiger partial charge in [-0.05, 0) is 6.92 Å². The van der Waals surface area contributed by atoms with Crippen LogP contribution in [0.4, 0.5) is 0 Å². The minimum Gasteiger partial charge on any atom is -0.480 e. The molecule has 10 nitrogen and oxygen atoms in total. The molecule has 114 valence electrons. The summed E-state index contributed by atoms with van der Waals surface area (Å²) < 4.78 is 0.957. The summed E-state index contributed by atoms with van der Waals surface area (Å²) in [6, 6.07) is 0.118. The maximum absolute atomic E-state index is 11.6. The fourth-order valence-electron chi connectivity index (χ4n) is 1.39. The van der Waals surface area contributed by atoms with Gasteiger partial charge in [0.25, 0.3) is 5.56 Å². The second-order valence-corrected chi connectivity index (χ2v) is 4.14. The van der Waals surface area contributed by atoms with Gasteiger partial charge in [-0.1, -0.05) is 0 Å². The highest BCUT2D eigenvalue weighted by atomic mass is 16.4.